The smallest absolute Gasteiger partial charge is 0.341 e. The minimum absolute atomic E-state index is 0.00213. The van der Waals surface area contributed by atoms with Gasteiger partial charge in [-0.2, -0.15) is 0 Å². The predicted molar refractivity (Wildman–Crippen MR) is 111 cm³/mol. The van der Waals surface area contributed by atoms with E-state index >= 15 is 4.39 Å². The Morgan fingerprint density at radius 2 is 2.06 bits per heavy atom. The zero-order chi connectivity index (χ0) is 21.9. The van der Waals surface area contributed by atoms with Crippen LogP contribution in [0.5, 0.6) is 5.75 Å². The van der Waals surface area contributed by atoms with Crippen molar-refractivity contribution >= 4 is 22.6 Å². The van der Waals surface area contributed by atoms with Gasteiger partial charge in [0.05, 0.1) is 29.3 Å². The number of halogens is 1. The number of carbonyl (C=O) groups is 1. The molecule has 1 aromatic heterocycles. The molecular formula is C21H23FN4O5. The highest BCUT2D eigenvalue weighted by Gasteiger charge is 2.42. The van der Waals surface area contributed by atoms with Gasteiger partial charge in [-0.1, -0.05) is 0 Å². The highest BCUT2D eigenvalue weighted by Crippen LogP contribution is 2.45. The average molecular weight is 430 g/mol. The number of ether oxygens (including phenoxy) is 1. The van der Waals surface area contributed by atoms with E-state index in [9.17, 15) is 19.6 Å². The molecule has 2 unspecified atom stereocenters. The van der Waals surface area contributed by atoms with Crippen LogP contribution in [0.4, 0.5) is 10.1 Å². The number of anilines is 1. The highest BCUT2D eigenvalue weighted by atomic mass is 19.1. The Hall–Kier alpha value is -3.17. The molecule has 0 radical (unpaired) electrons. The number of benzene rings is 1. The summed E-state index contributed by atoms with van der Waals surface area (Å²) in [5, 5.41) is 14.1. The molecule has 10 heteroatoms. The zero-order valence-corrected chi connectivity index (χ0v) is 17.1. The predicted octanol–water partition coefficient (Wildman–Crippen LogP) is 2.76. The van der Waals surface area contributed by atoms with E-state index in [1.54, 1.807) is 9.58 Å². The molecule has 2 aromatic rings. The number of hydrogen-bond donors (Lipinski definition) is 1. The molecule has 5 rings (SSSR count). The van der Waals surface area contributed by atoms with Gasteiger partial charge in [-0.15, -0.1) is 4.91 Å². The number of carboxylic acids is 1. The molecule has 9 nitrogen and oxygen atoms in total. The molecule has 1 aromatic carbocycles. The number of rotatable bonds is 5. The number of aromatic carboxylic acids is 1. The summed E-state index contributed by atoms with van der Waals surface area (Å²) in [4.78, 5) is 37.5. The lowest BCUT2D eigenvalue weighted by Crippen LogP contribution is -2.41. The molecule has 3 fully saturated rings. The Bertz CT molecular complexity index is 1150. The third-order valence-corrected chi connectivity index (χ3v) is 6.75. The van der Waals surface area contributed by atoms with Gasteiger partial charge >= 0.3 is 5.97 Å². The molecule has 31 heavy (non-hydrogen) atoms. The molecule has 164 valence electrons. The number of fused-ring (bicyclic) bond motifs is 2. The lowest BCUT2D eigenvalue weighted by molar-refractivity contribution is 0.0695. The molecule has 0 bridgehead atoms. The van der Waals surface area contributed by atoms with Crippen LogP contribution in [0.1, 0.15) is 42.1 Å². The summed E-state index contributed by atoms with van der Waals surface area (Å²) in [5.74, 6) is -1.57. The third-order valence-electron chi connectivity index (χ3n) is 6.75. The first-order chi connectivity index (χ1) is 14.9. The first-order valence-corrected chi connectivity index (χ1v) is 10.5. The third kappa shape index (κ3) is 3.03. The van der Waals surface area contributed by atoms with Crippen molar-refractivity contribution in [2.45, 2.75) is 37.8 Å². The van der Waals surface area contributed by atoms with Crippen LogP contribution in [0.3, 0.4) is 0 Å². The van der Waals surface area contributed by atoms with Gasteiger partial charge < -0.3 is 19.3 Å². The van der Waals surface area contributed by atoms with Crippen molar-refractivity contribution in [3.63, 3.8) is 0 Å². The highest BCUT2D eigenvalue weighted by molar-refractivity contribution is 5.97. The fourth-order valence-electron chi connectivity index (χ4n) is 5.16. The van der Waals surface area contributed by atoms with Gasteiger partial charge in [-0.25, -0.2) is 9.18 Å². The first-order valence-electron chi connectivity index (χ1n) is 10.5. The van der Waals surface area contributed by atoms with Crippen LogP contribution < -0.4 is 15.1 Å². The second kappa shape index (κ2) is 7.21. The van der Waals surface area contributed by atoms with E-state index in [2.05, 4.69) is 5.29 Å². The molecule has 1 saturated carbocycles. The van der Waals surface area contributed by atoms with Crippen LogP contribution in [0, 0.1) is 16.6 Å². The van der Waals surface area contributed by atoms with Crippen LogP contribution in [-0.4, -0.2) is 53.4 Å². The van der Waals surface area contributed by atoms with Gasteiger partial charge in [-0.05, 0) is 31.7 Å². The SMILES string of the molecule is COc1c(N2CC3CCCN(N=O)C3C2)c(F)cc2c(=O)c(C(=O)O)cn(C3CC3)c12. The Morgan fingerprint density at radius 3 is 2.71 bits per heavy atom. The van der Waals surface area contributed by atoms with Crippen LogP contribution in [0.15, 0.2) is 22.3 Å². The van der Waals surface area contributed by atoms with Gasteiger partial charge in [0.2, 0.25) is 5.43 Å². The molecule has 3 heterocycles. The average Bonchev–Trinajstić information content (AvgIpc) is 3.50. The fourth-order valence-corrected chi connectivity index (χ4v) is 5.16. The summed E-state index contributed by atoms with van der Waals surface area (Å²) in [6, 6.07) is 1.08. The number of piperidine rings is 1. The van der Waals surface area contributed by atoms with Crippen LogP contribution in [0.2, 0.25) is 0 Å². The molecule has 1 aliphatic carbocycles. The van der Waals surface area contributed by atoms with E-state index < -0.39 is 17.2 Å². The van der Waals surface area contributed by atoms with E-state index in [4.69, 9.17) is 4.74 Å². The Balaban J connectivity index is 1.70. The van der Waals surface area contributed by atoms with Gasteiger partial charge in [0.25, 0.3) is 0 Å². The summed E-state index contributed by atoms with van der Waals surface area (Å²) < 4.78 is 22.8. The number of pyridine rings is 1. The largest absolute Gasteiger partial charge is 0.492 e. The minimum Gasteiger partial charge on any atom is -0.492 e. The monoisotopic (exact) mass is 430 g/mol. The van der Waals surface area contributed by atoms with Crippen molar-refractivity contribution in [3.8, 4) is 5.75 Å². The maximum atomic E-state index is 15.4. The molecule has 2 atom stereocenters. The maximum Gasteiger partial charge on any atom is 0.341 e. The van der Waals surface area contributed by atoms with Crippen LogP contribution >= 0.6 is 0 Å². The van der Waals surface area contributed by atoms with Crippen molar-refractivity contribution < 1.29 is 19.0 Å². The van der Waals surface area contributed by atoms with Crippen LogP contribution in [0.25, 0.3) is 10.9 Å². The minimum atomic E-state index is -1.34. The lowest BCUT2D eigenvalue weighted by atomic mass is 9.93. The number of aromatic nitrogens is 1. The molecule has 1 N–H and O–H groups in total. The molecule has 3 aliphatic rings. The molecule has 0 amide bonds. The van der Waals surface area contributed by atoms with Gasteiger partial charge in [0.1, 0.15) is 11.3 Å². The number of methoxy groups -OCH3 is 1. The normalized spacial score (nSPS) is 23.2. The topological polar surface area (TPSA) is 104 Å². The van der Waals surface area contributed by atoms with Crippen molar-refractivity contribution in [3.05, 3.63) is 38.8 Å². The van der Waals surface area contributed by atoms with E-state index in [-0.39, 0.29) is 40.4 Å². The van der Waals surface area contributed by atoms with E-state index in [1.165, 1.54) is 13.3 Å². The van der Waals surface area contributed by atoms with Crippen molar-refractivity contribution in [2.75, 3.05) is 31.6 Å². The lowest BCUT2D eigenvalue weighted by Gasteiger charge is -2.31. The number of hydrogen-bond acceptors (Lipinski definition) is 6. The van der Waals surface area contributed by atoms with Gasteiger partial charge in [0, 0.05) is 37.8 Å². The van der Waals surface area contributed by atoms with E-state index in [1.807, 2.05) is 4.90 Å². The standard InChI is InChI=1S/C21H23FN4O5/c1-31-20-17-13(19(27)14(21(28)29)9-25(17)12-4-5-12)7-15(22)18(20)24-8-11-3-2-6-26(23-30)16(11)10-24/h7,9,11-12,16H,2-6,8,10H2,1H3,(H,28,29). The molecular weight excluding hydrogens is 407 g/mol. The number of carboxylic acid groups (broad SMARTS) is 1. The maximum absolute atomic E-state index is 15.4. The van der Waals surface area contributed by atoms with Crippen molar-refractivity contribution in [1.29, 1.82) is 0 Å². The Morgan fingerprint density at radius 1 is 1.29 bits per heavy atom. The molecule has 0 spiro atoms. The van der Waals surface area contributed by atoms with Gasteiger partial charge in [-0.3, -0.25) is 9.80 Å². The first kappa shape index (κ1) is 19.8. The number of nitroso groups, excluding NO2 is 1. The molecule has 2 aliphatic heterocycles. The molecule has 2 saturated heterocycles. The van der Waals surface area contributed by atoms with Gasteiger partial charge in [0.15, 0.2) is 11.6 Å². The fraction of sp³-hybridized carbons (Fsp3) is 0.524. The van der Waals surface area contributed by atoms with Crippen LogP contribution in [-0.2, 0) is 0 Å². The summed E-state index contributed by atoms with van der Waals surface area (Å²) >= 11 is 0. The summed E-state index contributed by atoms with van der Waals surface area (Å²) in [6.45, 7) is 1.57. The second-order valence-corrected chi connectivity index (χ2v) is 8.57. The quantitative estimate of drug-likeness (QED) is 0.728. The van der Waals surface area contributed by atoms with Crippen molar-refractivity contribution in [1.82, 2.24) is 9.58 Å². The Kier molecular flexibility index (Phi) is 4.60. The van der Waals surface area contributed by atoms with E-state index in [0.717, 1.165) is 31.7 Å². The summed E-state index contributed by atoms with van der Waals surface area (Å²) in [7, 11) is 1.42. The zero-order valence-electron chi connectivity index (χ0n) is 17.1. The summed E-state index contributed by atoms with van der Waals surface area (Å²) in [6.07, 6.45) is 4.83. The second-order valence-electron chi connectivity index (χ2n) is 8.57. The summed E-state index contributed by atoms with van der Waals surface area (Å²) in [5.41, 5.74) is -0.452. The number of nitrogens with zero attached hydrogens (tertiary/aromatic N) is 4. The Labute approximate surface area is 176 Å². The van der Waals surface area contributed by atoms with E-state index in [0.29, 0.717) is 25.2 Å². The van der Waals surface area contributed by atoms with Crippen molar-refractivity contribution in [2.24, 2.45) is 11.2 Å².